The minimum absolute atomic E-state index is 7.26. The summed E-state index contributed by atoms with van der Waals surface area (Å²) in [6.07, 6.45) is -14.5. The van der Waals surface area contributed by atoms with Crippen molar-refractivity contribution in [1.29, 1.82) is 0 Å². The summed E-state index contributed by atoms with van der Waals surface area (Å²) < 4.78 is 139. The lowest BCUT2D eigenvalue weighted by atomic mass is 10.0. The number of alkyl halides is 12. The van der Waals surface area contributed by atoms with Crippen molar-refractivity contribution in [3.63, 3.8) is 0 Å². The van der Waals surface area contributed by atoms with Crippen LogP contribution in [0.4, 0.5) is 52.7 Å². The fourth-order valence-electron chi connectivity index (χ4n) is 0.553. The van der Waals surface area contributed by atoms with E-state index < -0.39 is 30.1 Å². The highest BCUT2D eigenvalue weighted by molar-refractivity contribution is 5.03. The summed E-state index contributed by atoms with van der Waals surface area (Å²) in [6.45, 7) is 0. The Morgan fingerprint density at radius 3 is 0.588 bits per heavy atom. The summed E-state index contributed by atoms with van der Waals surface area (Å²) >= 11 is 0. The third-order valence-corrected chi connectivity index (χ3v) is 1.50. The van der Waals surface area contributed by atoms with Crippen molar-refractivity contribution in [1.82, 2.24) is 0 Å². The second kappa shape index (κ2) is 3.57. The van der Waals surface area contributed by atoms with E-state index in [2.05, 4.69) is 0 Å². The van der Waals surface area contributed by atoms with Crippen LogP contribution in [-0.2, 0) is 0 Å². The average Bonchev–Trinajstić information content (AvgIpc) is 1.98. The lowest BCUT2D eigenvalue weighted by Crippen LogP contribution is -2.65. The maximum atomic E-state index is 12.0. The second-order valence-electron chi connectivity index (χ2n) is 2.72. The van der Waals surface area contributed by atoms with Crippen molar-refractivity contribution in [2.24, 2.45) is 0 Å². The molecule has 0 atom stereocenters. The van der Waals surface area contributed by atoms with Crippen molar-refractivity contribution in [3.05, 3.63) is 0 Å². The zero-order chi connectivity index (χ0) is 14.5. The molecule has 17 heavy (non-hydrogen) atoms. The van der Waals surface area contributed by atoms with Crippen LogP contribution >= 0.6 is 0 Å². The summed E-state index contributed by atoms with van der Waals surface area (Å²) in [5.41, 5.74) is 0. The Balaban J connectivity index is 5.73. The molecule has 0 aliphatic heterocycles. The summed E-state index contributed by atoms with van der Waals surface area (Å²) in [5, 5.41) is 0. The van der Waals surface area contributed by atoms with E-state index in [0.29, 0.717) is 0 Å². The molecule has 0 N–H and O–H groups in total. The van der Waals surface area contributed by atoms with E-state index in [1.807, 2.05) is 0 Å². The molecule has 0 heterocycles. The quantitative estimate of drug-likeness (QED) is 0.673. The second-order valence-corrected chi connectivity index (χ2v) is 2.72. The minimum atomic E-state index is -7.66. The van der Waals surface area contributed by atoms with Crippen molar-refractivity contribution < 1.29 is 52.7 Å². The molecule has 0 aromatic heterocycles. The zero-order valence-corrected chi connectivity index (χ0v) is 7.04. The molecule has 0 aliphatic carbocycles. The molecule has 0 bridgehead atoms. The van der Waals surface area contributed by atoms with Crippen LogP contribution in [0.25, 0.3) is 0 Å². The van der Waals surface area contributed by atoms with Crippen molar-refractivity contribution in [2.75, 3.05) is 0 Å². The number of halogens is 12. The largest absolute Gasteiger partial charge is 0.460 e. The molecule has 0 rings (SSSR count). The first-order valence-corrected chi connectivity index (χ1v) is 3.27. The Hall–Kier alpha value is -0.840. The maximum Gasteiger partial charge on any atom is 0.460 e. The Morgan fingerprint density at radius 2 is 0.471 bits per heavy atom. The van der Waals surface area contributed by atoms with Gasteiger partial charge in [-0.05, 0) is 0 Å². The molecule has 0 fully saturated rings. The monoisotopic (exact) mass is 288 g/mol. The topological polar surface area (TPSA) is 0 Å². The van der Waals surface area contributed by atoms with Crippen molar-refractivity contribution in [3.8, 4) is 0 Å². The minimum Gasteiger partial charge on any atom is -0.192 e. The molecule has 0 radical (unpaired) electrons. The lowest BCUT2D eigenvalue weighted by Gasteiger charge is -2.34. The lowest BCUT2D eigenvalue weighted by molar-refractivity contribution is -0.438. The van der Waals surface area contributed by atoms with E-state index >= 15 is 0 Å². The Kier molecular flexibility index (Phi) is 3.40. The zero-order valence-electron chi connectivity index (χ0n) is 7.04. The average molecular weight is 288 g/mol. The summed E-state index contributed by atoms with van der Waals surface area (Å²) in [5.74, 6) is -22.7. The molecule has 0 aromatic rings. The molecular weight excluding hydrogens is 288 g/mol. The van der Waals surface area contributed by atoms with Crippen LogP contribution in [0.3, 0.4) is 0 Å². The highest BCUT2D eigenvalue weighted by Gasteiger charge is 2.88. The van der Waals surface area contributed by atoms with Gasteiger partial charge in [0.15, 0.2) is 0 Å². The summed E-state index contributed by atoms with van der Waals surface area (Å²) in [7, 11) is 0. The van der Waals surface area contributed by atoms with Crippen LogP contribution in [0.2, 0.25) is 0 Å². The number of hydrogen-bond donors (Lipinski definition) is 0. The normalized spacial score (nSPS) is 16.2. The van der Waals surface area contributed by atoms with Gasteiger partial charge in [0.1, 0.15) is 0 Å². The Labute approximate surface area is 84.2 Å². The van der Waals surface area contributed by atoms with E-state index in [-0.39, 0.29) is 0 Å². The molecule has 0 saturated heterocycles. The number of rotatable bonds is 2. The van der Waals surface area contributed by atoms with Gasteiger partial charge in [-0.3, -0.25) is 0 Å². The third kappa shape index (κ3) is 2.12. The molecule has 0 aliphatic rings. The van der Waals surface area contributed by atoms with Crippen molar-refractivity contribution >= 4 is 0 Å². The number of hydrogen-bond acceptors (Lipinski definition) is 0. The van der Waals surface area contributed by atoms with Gasteiger partial charge in [0.2, 0.25) is 0 Å². The van der Waals surface area contributed by atoms with Gasteiger partial charge in [-0.25, -0.2) is 0 Å². The van der Waals surface area contributed by atoms with Gasteiger partial charge in [-0.2, -0.15) is 52.7 Å². The molecule has 0 saturated carbocycles. The highest BCUT2D eigenvalue weighted by atomic mass is 19.4. The van der Waals surface area contributed by atoms with Gasteiger partial charge in [0, 0.05) is 0 Å². The van der Waals surface area contributed by atoms with Gasteiger partial charge < -0.3 is 0 Å². The maximum absolute atomic E-state index is 12.0. The highest BCUT2D eigenvalue weighted by Crippen LogP contribution is 2.57. The first kappa shape index (κ1) is 16.2. The van der Waals surface area contributed by atoms with E-state index in [1.54, 1.807) is 0 Å². The molecule has 0 unspecified atom stereocenters. The first-order valence-electron chi connectivity index (χ1n) is 3.27. The Bertz CT molecular complexity index is 250. The van der Waals surface area contributed by atoms with Crippen LogP contribution in [0.5, 0.6) is 0 Å². The third-order valence-electron chi connectivity index (χ3n) is 1.50. The standard InChI is InChI=1S/C5F12/c6-1(7,2(8,9)4(12,13)14)3(10,11)5(15,16)17. The molecule has 0 aromatic carbocycles. The molecule has 104 valence electrons. The van der Waals surface area contributed by atoms with Crippen LogP contribution < -0.4 is 0 Å². The predicted molar refractivity (Wildman–Crippen MR) is 27.0 cm³/mol. The van der Waals surface area contributed by atoms with E-state index in [1.165, 1.54) is 0 Å². The van der Waals surface area contributed by atoms with E-state index in [0.717, 1.165) is 0 Å². The predicted octanol–water partition coefficient (Wildman–Crippen LogP) is 4.02. The van der Waals surface area contributed by atoms with Crippen LogP contribution in [0, 0.1) is 0 Å². The molecule has 0 spiro atoms. The van der Waals surface area contributed by atoms with Crippen molar-refractivity contribution in [2.45, 2.75) is 30.1 Å². The van der Waals surface area contributed by atoms with E-state index in [9.17, 15) is 52.7 Å². The Morgan fingerprint density at radius 1 is 0.294 bits per heavy atom. The van der Waals surface area contributed by atoms with Gasteiger partial charge in [-0.1, -0.05) is 0 Å². The first-order chi connectivity index (χ1) is 7.00. The van der Waals surface area contributed by atoms with Crippen LogP contribution in [0.1, 0.15) is 0 Å². The van der Waals surface area contributed by atoms with Crippen LogP contribution in [-0.4, -0.2) is 30.1 Å². The molecule has 12 heteroatoms. The molecule has 0 amide bonds. The van der Waals surface area contributed by atoms with Crippen LogP contribution in [0.15, 0.2) is 0 Å². The SMILES string of the molecule is FC(F)(F)C(F)(F)C(F)(F)C(F)(F)C(F)(F)F. The smallest absolute Gasteiger partial charge is 0.192 e. The summed E-state index contributed by atoms with van der Waals surface area (Å²) in [6, 6.07) is 0. The van der Waals surface area contributed by atoms with Gasteiger partial charge in [0.25, 0.3) is 0 Å². The van der Waals surface area contributed by atoms with Gasteiger partial charge in [0.05, 0.1) is 0 Å². The fourth-order valence-corrected chi connectivity index (χ4v) is 0.553. The van der Waals surface area contributed by atoms with E-state index in [4.69, 9.17) is 0 Å². The van der Waals surface area contributed by atoms with Gasteiger partial charge in [-0.15, -0.1) is 0 Å². The fraction of sp³-hybridized carbons (Fsp3) is 1.00. The molecular formula is C5F12. The summed E-state index contributed by atoms with van der Waals surface area (Å²) in [4.78, 5) is 0. The van der Waals surface area contributed by atoms with Gasteiger partial charge >= 0.3 is 30.1 Å². The molecule has 0 nitrogen and oxygen atoms in total.